The van der Waals surface area contributed by atoms with Crippen molar-refractivity contribution >= 4 is 17.7 Å². The molecule has 7 rings (SSSR count). The maximum atomic E-state index is 6.38. The third kappa shape index (κ3) is 5.80. The zero-order valence-electron chi connectivity index (χ0n) is 26.8. The molecule has 1 heterocycles. The second-order valence-corrected chi connectivity index (χ2v) is 15.9. The number of halogens is 2. The summed E-state index contributed by atoms with van der Waals surface area (Å²) in [5, 5.41) is 0. The van der Waals surface area contributed by atoms with Crippen LogP contribution in [0.3, 0.4) is 0 Å². The van der Waals surface area contributed by atoms with Crippen LogP contribution in [-0.4, -0.2) is 0 Å². The van der Waals surface area contributed by atoms with E-state index in [1.165, 1.54) is 66.8 Å². The number of allylic oxidation sites excluding steroid dienone is 2. The van der Waals surface area contributed by atoms with Gasteiger partial charge < -0.3 is 24.8 Å². The second kappa shape index (κ2) is 13.5. The third-order valence-electron chi connectivity index (χ3n) is 9.66. The molecule has 1 nitrogen and oxygen atoms in total. The zero-order valence-corrected chi connectivity index (χ0v) is 30.7. The largest absolute Gasteiger partial charge is 1.00 e. The Balaban J connectivity index is 0.00000200. The van der Waals surface area contributed by atoms with Gasteiger partial charge in [-0.1, -0.05) is 0 Å². The Morgan fingerprint density at radius 1 is 0.622 bits per heavy atom. The molecule has 0 saturated carbocycles. The number of benzene rings is 4. The molecule has 2 atom stereocenters. The summed E-state index contributed by atoms with van der Waals surface area (Å²) in [5.41, 5.74) is 19.9. The van der Waals surface area contributed by atoms with Gasteiger partial charge in [-0.15, -0.1) is 0 Å². The zero-order chi connectivity index (χ0) is 29.8. The monoisotopic (exact) mass is 706 g/mol. The van der Waals surface area contributed by atoms with E-state index in [0.29, 0.717) is 7.25 Å². The molecule has 0 radical (unpaired) electrons. The molecular weight excluding hydrogens is 671 g/mol. The van der Waals surface area contributed by atoms with Crippen LogP contribution in [-0.2, 0) is 23.2 Å². The first-order valence-electron chi connectivity index (χ1n) is 15.5. The average Bonchev–Trinajstić information content (AvgIpc) is 3.70. The van der Waals surface area contributed by atoms with Gasteiger partial charge in [0.05, 0.1) is 0 Å². The molecular formula is C41H38Cl2OZr. The summed E-state index contributed by atoms with van der Waals surface area (Å²) in [4.78, 5) is 0. The van der Waals surface area contributed by atoms with Crippen LogP contribution in [0.4, 0.5) is 0 Å². The van der Waals surface area contributed by atoms with Crippen molar-refractivity contribution in [1.82, 2.24) is 0 Å². The van der Waals surface area contributed by atoms with Crippen molar-refractivity contribution in [3.63, 3.8) is 0 Å². The van der Waals surface area contributed by atoms with Crippen molar-refractivity contribution in [2.24, 2.45) is 0 Å². The number of hydrogen-bond donors (Lipinski definition) is 0. The van der Waals surface area contributed by atoms with E-state index >= 15 is 0 Å². The topological polar surface area (TPSA) is 13.1 Å². The molecule has 2 aliphatic carbocycles. The molecule has 0 aliphatic heterocycles. The minimum absolute atomic E-state index is 0. The first-order valence-corrected chi connectivity index (χ1v) is 18.3. The van der Waals surface area contributed by atoms with E-state index in [4.69, 9.17) is 4.42 Å². The molecule has 5 aromatic rings. The Hall–Kier alpha value is -2.90. The van der Waals surface area contributed by atoms with Crippen LogP contribution < -0.4 is 24.8 Å². The van der Waals surface area contributed by atoms with Crippen molar-refractivity contribution < 1.29 is 52.5 Å². The Labute approximate surface area is 292 Å². The quantitative estimate of drug-likeness (QED) is 0.231. The molecule has 0 bridgehead atoms. The second-order valence-electron chi connectivity index (χ2n) is 12.2. The van der Waals surface area contributed by atoms with Crippen LogP contribution >= 0.6 is 0 Å². The van der Waals surface area contributed by atoms with Crippen LogP contribution in [0.15, 0.2) is 94.9 Å². The number of aryl methyl sites for hydroxylation is 3. The van der Waals surface area contributed by atoms with Crippen molar-refractivity contribution in [3.8, 4) is 22.3 Å². The van der Waals surface area contributed by atoms with Crippen LogP contribution in [0.5, 0.6) is 0 Å². The van der Waals surface area contributed by atoms with Crippen LogP contribution in [0.25, 0.3) is 40.0 Å². The van der Waals surface area contributed by atoms with Crippen LogP contribution in [0.2, 0.25) is 0 Å². The SMILES string of the molecule is CCC1=Cc2c(cc(C)c(C)c2-c2ccccc2)[CH]1[Zr+2][CH]1C(c2ccc(C)o2)=Cc2c1cc(C)c(C)c2-c1ccccc1.[Cl-].[Cl-]. The molecule has 0 N–H and O–H groups in total. The molecule has 4 heteroatoms. The molecule has 226 valence electrons. The smallest absolute Gasteiger partial charge is 1.00 e. The Bertz CT molecular complexity index is 1930. The van der Waals surface area contributed by atoms with Gasteiger partial charge in [-0.2, -0.15) is 0 Å². The summed E-state index contributed by atoms with van der Waals surface area (Å²) in [7, 11) is 0. The van der Waals surface area contributed by atoms with E-state index in [1.807, 2.05) is 0 Å². The first kappa shape index (κ1) is 33.5. The molecule has 0 fully saturated rings. The molecule has 0 spiro atoms. The summed E-state index contributed by atoms with van der Waals surface area (Å²) in [6, 6.07) is 31.3. The van der Waals surface area contributed by atoms with Gasteiger partial charge in [-0.05, 0) is 0 Å². The maximum Gasteiger partial charge on any atom is -1.00 e. The van der Waals surface area contributed by atoms with E-state index in [0.717, 1.165) is 17.9 Å². The average molecular weight is 709 g/mol. The molecule has 0 saturated heterocycles. The summed E-state index contributed by atoms with van der Waals surface area (Å²) >= 11 is -1.13. The maximum absolute atomic E-state index is 6.38. The number of rotatable bonds is 6. The summed E-state index contributed by atoms with van der Waals surface area (Å²) in [6.45, 7) is 13.6. The fraction of sp³-hybridized carbons (Fsp3) is 0.220. The summed E-state index contributed by atoms with van der Waals surface area (Å²) in [6.07, 6.45) is 6.13. The van der Waals surface area contributed by atoms with Gasteiger partial charge in [0.1, 0.15) is 0 Å². The van der Waals surface area contributed by atoms with Gasteiger partial charge in [0, 0.05) is 0 Å². The van der Waals surface area contributed by atoms with Crippen molar-refractivity contribution in [2.75, 3.05) is 0 Å². The van der Waals surface area contributed by atoms with Gasteiger partial charge in [0.15, 0.2) is 0 Å². The third-order valence-corrected chi connectivity index (χ3v) is 14.5. The summed E-state index contributed by atoms with van der Waals surface area (Å²) in [5.74, 6) is 2.02. The van der Waals surface area contributed by atoms with Gasteiger partial charge in [0.25, 0.3) is 0 Å². The molecule has 4 aromatic carbocycles. The van der Waals surface area contributed by atoms with Gasteiger partial charge in [-0.25, -0.2) is 0 Å². The van der Waals surface area contributed by atoms with E-state index in [-0.39, 0.29) is 24.8 Å². The predicted octanol–water partition coefficient (Wildman–Crippen LogP) is 5.39. The normalized spacial score (nSPS) is 16.1. The van der Waals surface area contributed by atoms with E-state index in [2.05, 4.69) is 139 Å². The minimum Gasteiger partial charge on any atom is -1.00 e. The van der Waals surface area contributed by atoms with Crippen LogP contribution in [0.1, 0.15) is 76.6 Å². The van der Waals surface area contributed by atoms with Gasteiger partial charge in [-0.3, -0.25) is 0 Å². The number of fused-ring (bicyclic) bond motifs is 2. The molecule has 2 aliphatic rings. The fourth-order valence-corrected chi connectivity index (χ4v) is 12.3. The standard InChI is InChI=1S/C22H19O.C19H19.2ClH.Zr/c1-14-11-18-12-19(21-10-9-15(2)23-21)13-20(18)22(16(14)3)17-7-5-4-6-8-17;1-4-15-11-17-10-13(2)14(3)19(18(17)12-15)16-8-6-5-7-9-16;;;/h4-13H,1-3H3;5-12H,4H2,1-3H3;2*1H;/q;;;;+2/p-2. The van der Waals surface area contributed by atoms with Crippen molar-refractivity contribution in [3.05, 3.63) is 147 Å². The van der Waals surface area contributed by atoms with Gasteiger partial charge in [0.2, 0.25) is 0 Å². The Kier molecular flexibility index (Phi) is 10.0. The van der Waals surface area contributed by atoms with E-state index in [1.54, 1.807) is 11.1 Å². The van der Waals surface area contributed by atoms with E-state index < -0.39 is 23.2 Å². The molecule has 2 unspecified atom stereocenters. The van der Waals surface area contributed by atoms with Crippen molar-refractivity contribution in [1.29, 1.82) is 0 Å². The first-order chi connectivity index (χ1) is 20.9. The number of hydrogen-bond acceptors (Lipinski definition) is 1. The molecule has 45 heavy (non-hydrogen) atoms. The molecule has 0 amide bonds. The van der Waals surface area contributed by atoms with Crippen molar-refractivity contribution in [2.45, 2.75) is 55.2 Å². The minimum atomic E-state index is -1.13. The summed E-state index contributed by atoms with van der Waals surface area (Å²) < 4.78 is 7.32. The fourth-order valence-electron chi connectivity index (χ4n) is 7.19. The predicted molar refractivity (Wildman–Crippen MR) is 178 cm³/mol. The number of furan rings is 1. The van der Waals surface area contributed by atoms with E-state index in [9.17, 15) is 0 Å². The molecule has 1 aromatic heterocycles. The Morgan fingerprint density at radius 3 is 1.62 bits per heavy atom. The van der Waals surface area contributed by atoms with Crippen LogP contribution in [0, 0.1) is 34.6 Å². The Morgan fingerprint density at radius 2 is 1.13 bits per heavy atom. The van der Waals surface area contributed by atoms with Gasteiger partial charge >= 0.3 is 269 Å².